The maximum Gasteiger partial charge on any atom is 0.407 e. The summed E-state index contributed by atoms with van der Waals surface area (Å²) in [5.74, 6) is 1.30. The van der Waals surface area contributed by atoms with Crippen LogP contribution in [-0.4, -0.2) is 51.3 Å². The van der Waals surface area contributed by atoms with Gasteiger partial charge in [-0.3, -0.25) is 9.05 Å². The molecule has 0 spiro atoms. The molecule has 29 heavy (non-hydrogen) atoms. The summed E-state index contributed by atoms with van der Waals surface area (Å²) in [7, 11) is -0.580. The number of para-hydroxylation sites is 2. The number of ether oxygens (including phenoxy) is 3. The first-order valence-corrected chi connectivity index (χ1v) is 11.1. The largest absolute Gasteiger partial charge is 0.490 e. The number of rotatable bonds is 9. The van der Waals surface area contributed by atoms with E-state index in [1.807, 2.05) is 61.5 Å². The second kappa shape index (κ2) is 10.2. The van der Waals surface area contributed by atoms with Gasteiger partial charge in [0.2, 0.25) is 0 Å². The molecule has 1 heterocycles. The lowest BCUT2D eigenvalue weighted by Gasteiger charge is -2.38. The Labute approximate surface area is 172 Å². The maximum atomic E-state index is 12.9. The van der Waals surface area contributed by atoms with Crippen LogP contribution in [0.1, 0.15) is 18.6 Å². The Balaban J connectivity index is 1.90. The normalized spacial score (nSPS) is 18.9. The quantitative estimate of drug-likeness (QED) is 0.559. The molecule has 0 aliphatic carbocycles. The summed E-state index contributed by atoms with van der Waals surface area (Å²) in [6, 6.07) is 17.4. The lowest BCUT2D eigenvalue weighted by molar-refractivity contribution is -0.0696. The minimum Gasteiger partial charge on any atom is -0.490 e. The standard InChI is InChI=1S/C21H28NO6P/c1-4-26-18-12-8-9-13-19(18)28-21(17-10-6-5-7-11-17)20-16-22(14-15-27-20)29(23,24-2)25-3/h5-13,20-21H,4,14-16H2,1-3H3. The van der Waals surface area contributed by atoms with Crippen LogP contribution in [0.15, 0.2) is 54.6 Å². The van der Waals surface area contributed by atoms with Gasteiger partial charge in [0.1, 0.15) is 6.10 Å². The molecule has 0 N–H and O–H groups in total. The topological polar surface area (TPSA) is 66.5 Å². The summed E-state index contributed by atoms with van der Waals surface area (Å²) in [4.78, 5) is 0. The average molecular weight is 421 g/mol. The molecule has 7 nitrogen and oxygen atoms in total. The van der Waals surface area contributed by atoms with Gasteiger partial charge in [0.15, 0.2) is 17.6 Å². The lowest BCUT2D eigenvalue weighted by atomic mass is 10.0. The Bertz CT molecular complexity index is 810. The molecule has 2 unspecified atom stereocenters. The molecule has 0 amide bonds. The molecular weight excluding hydrogens is 393 g/mol. The molecule has 0 radical (unpaired) electrons. The van der Waals surface area contributed by atoms with Crippen LogP contribution < -0.4 is 9.47 Å². The van der Waals surface area contributed by atoms with Crippen molar-refractivity contribution >= 4 is 7.75 Å². The van der Waals surface area contributed by atoms with E-state index in [0.29, 0.717) is 37.8 Å². The smallest absolute Gasteiger partial charge is 0.407 e. The Morgan fingerprint density at radius 1 is 1.07 bits per heavy atom. The van der Waals surface area contributed by atoms with Crippen molar-refractivity contribution in [2.75, 3.05) is 40.5 Å². The van der Waals surface area contributed by atoms with Crippen LogP contribution in [-0.2, 0) is 18.3 Å². The zero-order chi connectivity index (χ0) is 20.7. The third-order valence-corrected chi connectivity index (χ3v) is 6.73. The Morgan fingerprint density at radius 3 is 2.38 bits per heavy atom. The van der Waals surface area contributed by atoms with E-state index < -0.39 is 13.9 Å². The third kappa shape index (κ3) is 5.18. The average Bonchev–Trinajstić information content (AvgIpc) is 2.79. The van der Waals surface area contributed by atoms with Crippen molar-refractivity contribution in [2.24, 2.45) is 0 Å². The molecule has 0 bridgehead atoms. The first-order valence-electron chi connectivity index (χ1n) is 9.63. The van der Waals surface area contributed by atoms with Gasteiger partial charge in [0.25, 0.3) is 0 Å². The van der Waals surface area contributed by atoms with E-state index in [0.717, 1.165) is 5.56 Å². The summed E-state index contributed by atoms with van der Waals surface area (Å²) in [6.07, 6.45) is -0.803. The van der Waals surface area contributed by atoms with Crippen molar-refractivity contribution in [3.63, 3.8) is 0 Å². The van der Waals surface area contributed by atoms with Gasteiger partial charge in [-0.15, -0.1) is 0 Å². The second-order valence-corrected chi connectivity index (χ2v) is 8.72. The van der Waals surface area contributed by atoms with E-state index in [1.54, 1.807) is 4.67 Å². The fourth-order valence-corrected chi connectivity index (χ4v) is 4.63. The van der Waals surface area contributed by atoms with Gasteiger partial charge in [-0.05, 0) is 24.6 Å². The fourth-order valence-electron chi connectivity index (χ4n) is 3.33. The summed E-state index contributed by atoms with van der Waals surface area (Å²) in [6.45, 7) is 3.65. The number of hydrogen-bond acceptors (Lipinski definition) is 6. The highest BCUT2D eigenvalue weighted by Crippen LogP contribution is 2.51. The van der Waals surface area contributed by atoms with Crippen LogP contribution in [0.5, 0.6) is 11.5 Å². The lowest BCUT2D eigenvalue weighted by Crippen LogP contribution is -2.45. The van der Waals surface area contributed by atoms with Gasteiger partial charge in [-0.2, -0.15) is 0 Å². The molecule has 1 aliphatic heterocycles. The van der Waals surface area contributed by atoms with E-state index in [9.17, 15) is 4.57 Å². The molecular formula is C21H28NO6P. The van der Waals surface area contributed by atoms with Gasteiger partial charge in [-0.1, -0.05) is 42.5 Å². The number of morpholine rings is 1. The first-order chi connectivity index (χ1) is 14.1. The zero-order valence-corrected chi connectivity index (χ0v) is 17.9. The second-order valence-electron chi connectivity index (χ2n) is 6.48. The molecule has 0 saturated carbocycles. The highest BCUT2D eigenvalue weighted by atomic mass is 31.2. The number of benzene rings is 2. The van der Waals surface area contributed by atoms with Crippen molar-refractivity contribution in [1.82, 2.24) is 4.67 Å². The summed E-state index contributed by atoms with van der Waals surface area (Å²) in [5, 5.41) is 0. The number of nitrogens with zero attached hydrogens (tertiary/aromatic N) is 1. The molecule has 0 aromatic heterocycles. The van der Waals surface area contributed by atoms with E-state index in [-0.39, 0.29) is 6.10 Å². The van der Waals surface area contributed by atoms with Crippen LogP contribution in [0.4, 0.5) is 0 Å². The monoisotopic (exact) mass is 421 g/mol. The molecule has 1 fully saturated rings. The van der Waals surface area contributed by atoms with Crippen LogP contribution >= 0.6 is 7.75 Å². The third-order valence-electron chi connectivity index (χ3n) is 4.75. The van der Waals surface area contributed by atoms with Crippen LogP contribution in [0, 0.1) is 0 Å². The van der Waals surface area contributed by atoms with Gasteiger partial charge >= 0.3 is 7.75 Å². The van der Waals surface area contributed by atoms with Crippen LogP contribution in [0.3, 0.4) is 0 Å². The highest BCUT2D eigenvalue weighted by molar-refractivity contribution is 7.51. The van der Waals surface area contributed by atoms with Crippen molar-refractivity contribution in [1.29, 1.82) is 0 Å². The van der Waals surface area contributed by atoms with Gasteiger partial charge < -0.3 is 14.2 Å². The van der Waals surface area contributed by atoms with Gasteiger partial charge in [0, 0.05) is 27.3 Å². The predicted molar refractivity (Wildman–Crippen MR) is 110 cm³/mol. The van der Waals surface area contributed by atoms with Crippen molar-refractivity contribution < 1.29 is 27.8 Å². The van der Waals surface area contributed by atoms with E-state index in [2.05, 4.69) is 0 Å². The molecule has 2 aromatic carbocycles. The Kier molecular flexibility index (Phi) is 7.70. The molecule has 2 aromatic rings. The van der Waals surface area contributed by atoms with Crippen molar-refractivity contribution in [3.05, 3.63) is 60.2 Å². The minimum absolute atomic E-state index is 0.343. The molecule has 2 atom stereocenters. The van der Waals surface area contributed by atoms with Gasteiger partial charge in [0.05, 0.1) is 13.2 Å². The summed E-state index contributed by atoms with van der Waals surface area (Å²) >= 11 is 0. The summed E-state index contributed by atoms with van der Waals surface area (Å²) < 4.78 is 43.1. The van der Waals surface area contributed by atoms with E-state index in [1.165, 1.54) is 14.2 Å². The highest BCUT2D eigenvalue weighted by Gasteiger charge is 2.39. The van der Waals surface area contributed by atoms with Crippen LogP contribution in [0.25, 0.3) is 0 Å². The molecule has 1 aliphatic rings. The molecule has 158 valence electrons. The van der Waals surface area contributed by atoms with Crippen LogP contribution in [0.2, 0.25) is 0 Å². The SMILES string of the molecule is CCOc1ccccc1OC(c1ccccc1)C1CN(P(=O)(OC)OC)CCO1. The van der Waals surface area contributed by atoms with Crippen molar-refractivity contribution in [2.45, 2.75) is 19.1 Å². The van der Waals surface area contributed by atoms with Crippen molar-refractivity contribution in [3.8, 4) is 11.5 Å². The van der Waals surface area contributed by atoms with E-state index >= 15 is 0 Å². The van der Waals surface area contributed by atoms with E-state index in [4.69, 9.17) is 23.3 Å². The summed E-state index contributed by atoms with van der Waals surface area (Å²) in [5.41, 5.74) is 0.954. The molecule has 1 saturated heterocycles. The Morgan fingerprint density at radius 2 is 1.72 bits per heavy atom. The van der Waals surface area contributed by atoms with Gasteiger partial charge in [-0.25, -0.2) is 9.24 Å². The molecule has 8 heteroatoms. The fraction of sp³-hybridized carbons (Fsp3) is 0.429. The Hall–Kier alpha value is -1.89. The predicted octanol–water partition coefficient (Wildman–Crippen LogP) is 4.31. The first kappa shape index (κ1) is 21.8. The minimum atomic E-state index is -3.35. The number of hydrogen-bond donors (Lipinski definition) is 0. The maximum absolute atomic E-state index is 12.9. The zero-order valence-electron chi connectivity index (χ0n) is 17.0. The molecule has 3 rings (SSSR count).